The van der Waals surface area contributed by atoms with Crippen molar-refractivity contribution >= 4 is 0 Å². The largest absolute Gasteiger partial charge is 0.329 e. The summed E-state index contributed by atoms with van der Waals surface area (Å²) in [7, 11) is 0. The van der Waals surface area contributed by atoms with Crippen molar-refractivity contribution in [1.29, 1.82) is 0 Å². The van der Waals surface area contributed by atoms with Gasteiger partial charge in [-0.3, -0.25) is 0 Å². The van der Waals surface area contributed by atoms with E-state index in [-0.39, 0.29) is 12.1 Å². The Labute approximate surface area is 85.2 Å². The summed E-state index contributed by atoms with van der Waals surface area (Å²) in [5.41, 5.74) is 5.24. The lowest BCUT2D eigenvalue weighted by atomic mass is 9.94. The van der Waals surface area contributed by atoms with Gasteiger partial charge in [-0.15, -0.1) is 0 Å². The first-order valence-electron chi connectivity index (χ1n) is 5.27. The molecule has 0 aromatic heterocycles. The fourth-order valence-corrected chi connectivity index (χ4v) is 1.35. The topological polar surface area (TPSA) is 38.0 Å². The van der Waals surface area contributed by atoms with Crippen molar-refractivity contribution in [3.05, 3.63) is 0 Å². The Morgan fingerprint density at radius 3 is 2.43 bits per heavy atom. The summed E-state index contributed by atoms with van der Waals surface area (Å²) in [6, 6.07) is 0. The van der Waals surface area contributed by atoms with Crippen LogP contribution in [0, 0.1) is 0 Å². The van der Waals surface area contributed by atoms with Gasteiger partial charge in [0.2, 0.25) is 0 Å². The molecular weight excluding hydrogens is 186 g/mol. The van der Waals surface area contributed by atoms with E-state index in [4.69, 9.17) is 5.73 Å². The summed E-state index contributed by atoms with van der Waals surface area (Å²) in [4.78, 5) is 0. The van der Waals surface area contributed by atoms with Crippen LogP contribution in [0.5, 0.6) is 0 Å². The van der Waals surface area contributed by atoms with Crippen molar-refractivity contribution in [2.45, 2.75) is 51.5 Å². The molecule has 14 heavy (non-hydrogen) atoms. The first-order chi connectivity index (χ1) is 6.54. The highest BCUT2D eigenvalue weighted by atomic mass is 19.3. The molecule has 0 bridgehead atoms. The summed E-state index contributed by atoms with van der Waals surface area (Å²) in [6.45, 7) is 4.17. The number of nitrogens with two attached hydrogens (primary N) is 1. The molecule has 0 saturated carbocycles. The second kappa shape index (κ2) is 7.12. The zero-order valence-electron chi connectivity index (χ0n) is 9.15. The molecule has 0 aliphatic rings. The third-order valence-corrected chi connectivity index (χ3v) is 2.47. The zero-order valence-corrected chi connectivity index (χ0v) is 9.15. The van der Waals surface area contributed by atoms with E-state index in [1.54, 1.807) is 0 Å². The minimum absolute atomic E-state index is 0.264. The number of nitrogens with one attached hydrogen (secondary N) is 1. The summed E-state index contributed by atoms with van der Waals surface area (Å²) >= 11 is 0. The molecule has 2 nitrogen and oxygen atoms in total. The molecule has 0 spiro atoms. The lowest BCUT2D eigenvalue weighted by Gasteiger charge is -2.29. The van der Waals surface area contributed by atoms with Crippen LogP contribution < -0.4 is 11.1 Å². The van der Waals surface area contributed by atoms with Crippen molar-refractivity contribution in [2.75, 3.05) is 13.1 Å². The molecule has 0 saturated heterocycles. The van der Waals surface area contributed by atoms with Crippen molar-refractivity contribution in [2.24, 2.45) is 5.73 Å². The van der Waals surface area contributed by atoms with Gasteiger partial charge in [-0.05, 0) is 13.3 Å². The first-order valence-corrected chi connectivity index (χ1v) is 5.27. The molecule has 1 unspecified atom stereocenters. The molecule has 0 aromatic carbocycles. The Kier molecular flexibility index (Phi) is 7.01. The van der Waals surface area contributed by atoms with Gasteiger partial charge in [0.15, 0.2) is 0 Å². The molecule has 0 heterocycles. The lowest BCUT2D eigenvalue weighted by molar-refractivity contribution is 0.130. The molecular formula is C10H22F2N2. The van der Waals surface area contributed by atoms with Gasteiger partial charge in [0.25, 0.3) is 6.43 Å². The zero-order chi connectivity index (χ0) is 11.0. The summed E-state index contributed by atoms with van der Waals surface area (Å²) in [5, 5.41) is 2.83. The van der Waals surface area contributed by atoms with Crippen molar-refractivity contribution in [3.8, 4) is 0 Å². The predicted molar refractivity (Wildman–Crippen MR) is 55.6 cm³/mol. The quantitative estimate of drug-likeness (QED) is 0.600. The van der Waals surface area contributed by atoms with E-state index in [0.29, 0.717) is 6.54 Å². The molecule has 0 fully saturated rings. The standard InChI is InChI=1S/C10H22F2N2/c1-3-4-5-6-10(2,8-13)14-7-9(11)12/h9,14H,3-8,13H2,1-2H3. The van der Waals surface area contributed by atoms with Gasteiger partial charge in [-0.25, -0.2) is 8.78 Å². The van der Waals surface area contributed by atoms with Gasteiger partial charge in [-0.1, -0.05) is 26.2 Å². The Balaban J connectivity index is 3.79. The van der Waals surface area contributed by atoms with E-state index in [9.17, 15) is 8.78 Å². The van der Waals surface area contributed by atoms with E-state index >= 15 is 0 Å². The van der Waals surface area contributed by atoms with Crippen LogP contribution in [-0.2, 0) is 0 Å². The highest BCUT2D eigenvalue weighted by Crippen LogP contribution is 2.13. The smallest absolute Gasteiger partial charge is 0.250 e. The minimum Gasteiger partial charge on any atom is -0.329 e. The second-order valence-corrected chi connectivity index (χ2v) is 3.99. The van der Waals surface area contributed by atoms with Crippen LogP contribution in [0.2, 0.25) is 0 Å². The van der Waals surface area contributed by atoms with E-state index in [1.807, 2.05) is 6.92 Å². The van der Waals surface area contributed by atoms with Gasteiger partial charge in [0.05, 0.1) is 6.54 Å². The predicted octanol–water partition coefficient (Wildman–Crippen LogP) is 2.14. The van der Waals surface area contributed by atoms with Crippen LogP contribution in [-0.4, -0.2) is 25.1 Å². The Hall–Kier alpha value is -0.220. The monoisotopic (exact) mass is 208 g/mol. The SMILES string of the molecule is CCCCCC(C)(CN)NCC(F)F. The second-order valence-electron chi connectivity index (χ2n) is 3.99. The van der Waals surface area contributed by atoms with E-state index in [1.165, 1.54) is 0 Å². The highest BCUT2D eigenvalue weighted by molar-refractivity contribution is 4.84. The molecule has 1 atom stereocenters. The highest BCUT2D eigenvalue weighted by Gasteiger charge is 2.22. The number of hydrogen-bond donors (Lipinski definition) is 2. The van der Waals surface area contributed by atoms with Gasteiger partial charge in [0.1, 0.15) is 0 Å². The van der Waals surface area contributed by atoms with Crippen LogP contribution in [0.3, 0.4) is 0 Å². The van der Waals surface area contributed by atoms with E-state index < -0.39 is 6.43 Å². The lowest BCUT2D eigenvalue weighted by Crippen LogP contribution is -2.50. The fourth-order valence-electron chi connectivity index (χ4n) is 1.35. The van der Waals surface area contributed by atoms with Gasteiger partial charge < -0.3 is 11.1 Å². The van der Waals surface area contributed by atoms with Crippen LogP contribution in [0.15, 0.2) is 0 Å². The van der Waals surface area contributed by atoms with Crippen molar-refractivity contribution in [3.63, 3.8) is 0 Å². The maximum atomic E-state index is 12.0. The normalized spacial score (nSPS) is 15.9. The van der Waals surface area contributed by atoms with Crippen LogP contribution in [0.1, 0.15) is 39.5 Å². The molecule has 3 N–H and O–H groups in total. The van der Waals surface area contributed by atoms with E-state index in [0.717, 1.165) is 25.7 Å². The molecule has 0 amide bonds. The number of halogens is 2. The average molecular weight is 208 g/mol. The Morgan fingerprint density at radius 1 is 1.36 bits per heavy atom. The summed E-state index contributed by atoms with van der Waals surface area (Å²) in [5.74, 6) is 0. The third-order valence-electron chi connectivity index (χ3n) is 2.47. The van der Waals surface area contributed by atoms with Gasteiger partial charge in [0, 0.05) is 12.1 Å². The molecule has 0 rings (SSSR count). The molecule has 0 aromatic rings. The van der Waals surface area contributed by atoms with Gasteiger partial charge >= 0.3 is 0 Å². The van der Waals surface area contributed by atoms with Gasteiger partial charge in [-0.2, -0.15) is 0 Å². The maximum Gasteiger partial charge on any atom is 0.250 e. The summed E-state index contributed by atoms with van der Waals surface area (Å²) in [6.07, 6.45) is 1.87. The number of rotatable bonds is 8. The van der Waals surface area contributed by atoms with Crippen LogP contribution in [0.4, 0.5) is 8.78 Å². The number of alkyl halides is 2. The fraction of sp³-hybridized carbons (Fsp3) is 1.00. The van der Waals surface area contributed by atoms with Crippen molar-refractivity contribution < 1.29 is 8.78 Å². The van der Waals surface area contributed by atoms with Crippen LogP contribution >= 0.6 is 0 Å². The summed E-state index contributed by atoms with van der Waals surface area (Å²) < 4.78 is 24.0. The number of hydrogen-bond acceptors (Lipinski definition) is 2. The molecule has 0 aliphatic carbocycles. The Bertz CT molecular complexity index is 142. The molecule has 86 valence electrons. The Morgan fingerprint density at radius 2 is 2.00 bits per heavy atom. The molecule has 0 radical (unpaired) electrons. The van der Waals surface area contributed by atoms with E-state index in [2.05, 4.69) is 12.2 Å². The minimum atomic E-state index is -2.30. The maximum absolute atomic E-state index is 12.0. The first kappa shape index (κ1) is 13.8. The van der Waals surface area contributed by atoms with Crippen molar-refractivity contribution in [1.82, 2.24) is 5.32 Å². The average Bonchev–Trinajstić information content (AvgIpc) is 2.15. The number of unbranched alkanes of at least 4 members (excludes halogenated alkanes) is 2. The molecule has 0 aliphatic heterocycles. The van der Waals surface area contributed by atoms with Crippen LogP contribution in [0.25, 0.3) is 0 Å². The third kappa shape index (κ3) is 6.27. The molecule has 4 heteroatoms.